The number of nitrogens with zero attached hydrogens (tertiary/aromatic N) is 3. The van der Waals surface area contributed by atoms with Gasteiger partial charge in [0.1, 0.15) is 0 Å². The van der Waals surface area contributed by atoms with Crippen LogP contribution in [0.1, 0.15) is 39.3 Å². The molecule has 0 aliphatic heterocycles. The summed E-state index contributed by atoms with van der Waals surface area (Å²) in [6.07, 6.45) is 0. The third kappa shape index (κ3) is 2.35. The van der Waals surface area contributed by atoms with Crippen LogP contribution in [0.4, 0.5) is 0 Å². The number of H-pyrrole nitrogens is 1. The van der Waals surface area contributed by atoms with Crippen LogP contribution in [0.15, 0.2) is 16.9 Å². The van der Waals surface area contributed by atoms with Gasteiger partial charge in [0.05, 0.1) is 5.56 Å². The van der Waals surface area contributed by atoms with Gasteiger partial charge < -0.3 is 9.13 Å². The Morgan fingerprint density at radius 3 is 2.45 bits per heavy atom. The van der Waals surface area contributed by atoms with E-state index in [0.29, 0.717) is 35.2 Å². The molecule has 20 heavy (non-hydrogen) atoms. The Morgan fingerprint density at radius 2 is 1.90 bits per heavy atom. The average Bonchev–Trinajstić information content (AvgIpc) is 2.78. The van der Waals surface area contributed by atoms with E-state index in [-0.39, 0.29) is 5.56 Å². The number of aromatic amines is 1. The van der Waals surface area contributed by atoms with Gasteiger partial charge >= 0.3 is 0 Å². The van der Waals surface area contributed by atoms with Crippen LogP contribution in [0.3, 0.4) is 0 Å². The first-order valence-electron chi connectivity index (χ1n) is 6.90. The Labute approximate surface area is 123 Å². The summed E-state index contributed by atoms with van der Waals surface area (Å²) in [7, 11) is 0. The van der Waals surface area contributed by atoms with Gasteiger partial charge in [-0.25, -0.2) is 0 Å². The summed E-state index contributed by atoms with van der Waals surface area (Å²) in [5.74, 6) is 0.920. The quantitative estimate of drug-likeness (QED) is 0.882. The highest BCUT2D eigenvalue weighted by molar-refractivity contribution is 7.71. The van der Waals surface area contributed by atoms with Crippen molar-refractivity contribution in [3.05, 3.63) is 33.0 Å². The maximum absolute atomic E-state index is 12.7. The van der Waals surface area contributed by atoms with Crippen LogP contribution in [-0.4, -0.2) is 19.3 Å². The molecule has 0 bridgehead atoms. The second kappa shape index (κ2) is 5.75. The summed E-state index contributed by atoms with van der Waals surface area (Å²) in [6, 6.07) is 3.85. The molecule has 0 amide bonds. The summed E-state index contributed by atoms with van der Waals surface area (Å²) in [5, 5.41) is 6.96. The number of aromatic nitrogens is 4. The van der Waals surface area contributed by atoms with Gasteiger partial charge in [-0.2, -0.15) is 5.10 Å². The minimum absolute atomic E-state index is 0.0117. The SMILES string of the molecule is CCn1c(-c2ccc(C(C)C)n(CC)c2=O)n[nH]c1=S. The molecule has 0 aliphatic carbocycles. The molecule has 0 saturated carbocycles. The fourth-order valence-electron chi connectivity index (χ4n) is 2.41. The molecule has 2 heterocycles. The molecule has 0 spiro atoms. The van der Waals surface area contributed by atoms with Crippen molar-refractivity contribution in [3.8, 4) is 11.4 Å². The van der Waals surface area contributed by atoms with Crippen molar-refractivity contribution in [3.63, 3.8) is 0 Å². The van der Waals surface area contributed by atoms with Crippen LogP contribution in [0.2, 0.25) is 0 Å². The van der Waals surface area contributed by atoms with E-state index in [9.17, 15) is 4.79 Å². The molecule has 0 radical (unpaired) electrons. The standard InChI is InChI=1S/C14H20N4OS/c1-5-17-11(9(3)4)8-7-10(13(17)19)12-15-16-14(20)18(12)6-2/h7-9H,5-6H2,1-4H3,(H,16,20). The molecule has 0 aromatic carbocycles. The summed E-state index contributed by atoms with van der Waals surface area (Å²) in [6.45, 7) is 9.47. The van der Waals surface area contributed by atoms with Gasteiger partial charge in [-0.1, -0.05) is 13.8 Å². The third-order valence-electron chi connectivity index (χ3n) is 3.43. The average molecular weight is 292 g/mol. The summed E-state index contributed by atoms with van der Waals surface area (Å²) >= 11 is 5.18. The van der Waals surface area contributed by atoms with Crippen LogP contribution < -0.4 is 5.56 Å². The lowest BCUT2D eigenvalue weighted by Crippen LogP contribution is -2.25. The minimum Gasteiger partial charge on any atom is -0.312 e. The van der Waals surface area contributed by atoms with E-state index in [0.717, 1.165) is 5.69 Å². The minimum atomic E-state index is -0.0117. The highest BCUT2D eigenvalue weighted by atomic mass is 32.1. The number of nitrogens with one attached hydrogen (secondary N) is 1. The first kappa shape index (κ1) is 14.7. The first-order valence-corrected chi connectivity index (χ1v) is 7.31. The van der Waals surface area contributed by atoms with Gasteiger partial charge in [0.2, 0.25) is 0 Å². The Bertz CT molecular complexity index is 724. The Kier molecular flexibility index (Phi) is 4.23. The highest BCUT2D eigenvalue weighted by Crippen LogP contribution is 2.18. The van der Waals surface area contributed by atoms with Gasteiger partial charge in [0.25, 0.3) is 5.56 Å². The van der Waals surface area contributed by atoms with Crippen LogP contribution in [0, 0.1) is 4.77 Å². The van der Waals surface area contributed by atoms with Crippen LogP contribution in [0.25, 0.3) is 11.4 Å². The molecule has 1 N–H and O–H groups in total. The predicted molar refractivity (Wildman–Crippen MR) is 82.5 cm³/mol. The van der Waals surface area contributed by atoms with Crippen molar-refractivity contribution in [2.24, 2.45) is 0 Å². The van der Waals surface area contributed by atoms with Crippen molar-refractivity contribution in [1.82, 2.24) is 19.3 Å². The molecule has 2 aromatic heterocycles. The molecule has 5 nitrogen and oxygen atoms in total. The van der Waals surface area contributed by atoms with Crippen molar-refractivity contribution >= 4 is 12.2 Å². The maximum Gasteiger partial charge on any atom is 0.261 e. The smallest absolute Gasteiger partial charge is 0.261 e. The molecule has 6 heteroatoms. The predicted octanol–water partition coefficient (Wildman–Crippen LogP) is 2.93. The van der Waals surface area contributed by atoms with E-state index in [1.165, 1.54) is 0 Å². The molecule has 0 atom stereocenters. The number of hydrogen-bond acceptors (Lipinski definition) is 3. The van der Waals surface area contributed by atoms with Crippen molar-refractivity contribution < 1.29 is 0 Å². The van der Waals surface area contributed by atoms with Gasteiger partial charge in [-0.3, -0.25) is 9.89 Å². The van der Waals surface area contributed by atoms with E-state index in [1.807, 2.05) is 30.5 Å². The van der Waals surface area contributed by atoms with Crippen molar-refractivity contribution in [2.75, 3.05) is 0 Å². The van der Waals surface area contributed by atoms with E-state index in [2.05, 4.69) is 24.0 Å². The molecule has 2 aromatic rings. The van der Waals surface area contributed by atoms with Crippen molar-refractivity contribution in [2.45, 2.75) is 46.7 Å². The Morgan fingerprint density at radius 1 is 1.25 bits per heavy atom. The molecule has 0 saturated heterocycles. The second-order valence-electron chi connectivity index (χ2n) is 4.97. The van der Waals surface area contributed by atoms with Crippen LogP contribution in [0.5, 0.6) is 0 Å². The normalized spacial score (nSPS) is 11.2. The first-order chi connectivity index (χ1) is 9.51. The fourth-order valence-corrected chi connectivity index (χ4v) is 2.67. The molecule has 2 rings (SSSR count). The highest BCUT2D eigenvalue weighted by Gasteiger charge is 2.15. The number of pyridine rings is 1. The maximum atomic E-state index is 12.7. The van der Waals surface area contributed by atoms with E-state index in [1.54, 1.807) is 4.57 Å². The van der Waals surface area contributed by atoms with Crippen LogP contribution in [-0.2, 0) is 13.1 Å². The zero-order valence-electron chi connectivity index (χ0n) is 12.3. The Hall–Kier alpha value is -1.69. The third-order valence-corrected chi connectivity index (χ3v) is 3.74. The summed E-state index contributed by atoms with van der Waals surface area (Å²) < 4.78 is 4.18. The summed E-state index contributed by atoms with van der Waals surface area (Å²) in [5.41, 5.74) is 1.62. The van der Waals surface area contributed by atoms with E-state index >= 15 is 0 Å². The zero-order chi connectivity index (χ0) is 14.9. The lowest BCUT2D eigenvalue weighted by atomic mass is 10.1. The van der Waals surface area contributed by atoms with Crippen LogP contribution >= 0.6 is 12.2 Å². The topological polar surface area (TPSA) is 55.6 Å². The van der Waals surface area contributed by atoms with Crippen molar-refractivity contribution in [1.29, 1.82) is 0 Å². The van der Waals surface area contributed by atoms with Gasteiger partial charge in [-0.15, -0.1) is 0 Å². The Balaban J connectivity index is 2.71. The van der Waals surface area contributed by atoms with Gasteiger partial charge in [0, 0.05) is 18.8 Å². The molecule has 0 fully saturated rings. The monoisotopic (exact) mass is 292 g/mol. The number of hydrogen-bond donors (Lipinski definition) is 1. The van der Waals surface area contributed by atoms with E-state index in [4.69, 9.17) is 12.2 Å². The van der Waals surface area contributed by atoms with Gasteiger partial charge in [-0.05, 0) is 44.1 Å². The molecule has 0 unspecified atom stereocenters. The lowest BCUT2D eigenvalue weighted by molar-refractivity contribution is 0.639. The summed E-state index contributed by atoms with van der Waals surface area (Å²) in [4.78, 5) is 12.7. The number of rotatable bonds is 4. The molecule has 108 valence electrons. The van der Waals surface area contributed by atoms with Gasteiger partial charge in [0.15, 0.2) is 10.6 Å². The molecule has 0 aliphatic rings. The lowest BCUT2D eigenvalue weighted by Gasteiger charge is -2.15. The fraction of sp³-hybridized carbons (Fsp3) is 0.500. The zero-order valence-corrected chi connectivity index (χ0v) is 13.1. The van der Waals surface area contributed by atoms with E-state index < -0.39 is 0 Å². The second-order valence-corrected chi connectivity index (χ2v) is 5.36. The molecular weight excluding hydrogens is 272 g/mol. The largest absolute Gasteiger partial charge is 0.312 e. The molecular formula is C14H20N4OS.